The molecule has 0 atom stereocenters. The molecule has 1 aromatic carbocycles. The van der Waals surface area contributed by atoms with E-state index >= 15 is 0 Å². The Morgan fingerprint density at radius 1 is 1.53 bits per heavy atom. The molecule has 0 radical (unpaired) electrons. The molecule has 0 bridgehead atoms. The number of carbonyl (C=O) groups is 1. The number of hydrogen-bond acceptors (Lipinski definition) is 2. The molecule has 0 unspecified atom stereocenters. The molecule has 2 rings (SSSR count). The van der Waals surface area contributed by atoms with Gasteiger partial charge in [-0.25, -0.2) is 4.79 Å². The van der Waals surface area contributed by atoms with Crippen molar-refractivity contribution in [3.8, 4) is 0 Å². The lowest BCUT2D eigenvalue weighted by Gasteiger charge is -2.15. The van der Waals surface area contributed by atoms with Crippen molar-refractivity contribution in [3.05, 3.63) is 35.4 Å². The second-order valence-electron chi connectivity index (χ2n) is 4.15. The summed E-state index contributed by atoms with van der Waals surface area (Å²) in [6, 6.07) is 7.87. The lowest BCUT2D eigenvalue weighted by Crippen LogP contribution is -2.20. The first-order chi connectivity index (χ1) is 7.16. The Morgan fingerprint density at radius 3 is 2.87 bits per heavy atom. The van der Waals surface area contributed by atoms with Crippen LogP contribution in [0.2, 0.25) is 0 Å². The van der Waals surface area contributed by atoms with Crippen molar-refractivity contribution >= 4 is 5.97 Å². The van der Waals surface area contributed by atoms with Gasteiger partial charge in [-0.3, -0.25) is 4.90 Å². The van der Waals surface area contributed by atoms with Gasteiger partial charge in [0.05, 0.1) is 5.56 Å². The summed E-state index contributed by atoms with van der Waals surface area (Å²) < 4.78 is 0. The first kappa shape index (κ1) is 10.2. The third-order valence-electron chi connectivity index (χ3n) is 2.78. The van der Waals surface area contributed by atoms with Crippen molar-refractivity contribution < 1.29 is 9.90 Å². The van der Waals surface area contributed by atoms with Gasteiger partial charge in [-0.15, -0.1) is 0 Å². The molecule has 0 spiro atoms. The number of rotatable bonds is 4. The summed E-state index contributed by atoms with van der Waals surface area (Å²) in [5, 5.41) is 8.85. The number of aromatic carboxylic acids is 1. The average molecular weight is 205 g/mol. The molecule has 1 aliphatic carbocycles. The van der Waals surface area contributed by atoms with E-state index in [1.54, 1.807) is 18.2 Å². The molecule has 0 heterocycles. The van der Waals surface area contributed by atoms with E-state index in [-0.39, 0.29) is 0 Å². The van der Waals surface area contributed by atoms with Crippen LogP contribution in [0.15, 0.2) is 24.3 Å². The van der Waals surface area contributed by atoms with Crippen molar-refractivity contribution in [2.24, 2.45) is 0 Å². The van der Waals surface area contributed by atoms with E-state index in [0.29, 0.717) is 11.6 Å². The minimum atomic E-state index is -0.856. The van der Waals surface area contributed by atoms with E-state index in [2.05, 4.69) is 11.9 Å². The van der Waals surface area contributed by atoms with E-state index in [1.165, 1.54) is 12.8 Å². The fraction of sp³-hybridized carbons (Fsp3) is 0.417. The summed E-state index contributed by atoms with van der Waals surface area (Å²) in [6.07, 6.45) is 2.55. The Morgan fingerprint density at radius 2 is 2.27 bits per heavy atom. The first-order valence-electron chi connectivity index (χ1n) is 5.19. The van der Waals surface area contributed by atoms with Crippen molar-refractivity contribution in [2.45, 2.75) is 25.4 Å². The zero-order chi connectivity index (χ0) is 10.8. The summed E-state index contributed by atoms with van der Waals surface area (Å²) in [7, 11) is 2.09. The molecule has 0 saturated heterocycles. The molecule has 1 N–H and O–H groups in total. The summed E-state index contributed by atoms with van der Waals surface area (Å²) in [5.41, 5.74) is 1.45. The third kappa shape index (κ3) is 2.57. The Kier molecular flexibility index (Phi) is 2.73. The van der Waals surface area contributed by atoms with Crippen LogP contribution >= 0.6 is 0 Å². The van der Waals surface area contributed by atoms with Gasteiger partial charge in [0.2, 0.25) is 0 Å². The number of hydrogen-bond donors (Lipinski definition) is 1. The van der Waals surface area contributed by atoms with E-state index in [9.17, 15) is 4.79 Å². The normalized spacial score (nSPS) is 15.6. The highest BCUT2D eigenvalue weighted by atomic mass is 16.4. The molecular weight excluding hydrogens is 190 g/mol. The number of carboxylic acid groups (broad SMARTS) is 1. The SMILES string of the molecule is CN(Cc1cccc(C(=O)O)c1)C1CC1. The molecule has 3 nitrogen and oxygen atoms in total. The van der Waals surface area contributed by atoms with Gasteiger partial charge in [-0.1, -0.05) is 12.1 Å². The van der Waals surface area contributed by atoms with E-state index < -0.39 is 5.97 Å². The molecule has 3 heteroatoms. The summed E-state index contributed by atoms with van der Waals surface area (Å²) in [6.45, 7) is 0.839. The van der Waals surface area contributed by atoms with E-state index in [4.69, 9.17) is 5.11 Å². The van der Waals surface area contributed by atoms with Crippen LogP contribution in [0, 0.1) is 0 Å². The van der Waals surface area contributed by atoms with Crippen LogP contribution in [-0.4, -0.2) is 29.1 Å². The van der Waals surface area contributed by atoms with Crippen LogP contribution in [0.1, 0.15) is 28.8 Å². The van der Waals surface area contributed by atoms with Crippen LogP contribution in [0.4, 0.5) is 0 Å². The third-order valence-corrected chi connectivity index (χ3v) is 2.78. The largest absolute Gasteiger partial charge is 0.478 e. The van der Waals surface area contributed by atoms with Crippen LogP contribution in [0.5, 0.6) is 0 Å². The molecule has 1 saturated carbocycles. The van der Waals surface area contributed by atoms with Crippen molar-refractivity contribution in [3.63, 3.8) is 0 Å². The average Bonchev–Trinajstić information content (AvgIpc) is 3.01. The quantitative estimate of drug-likeness (QED) is 0.817. The predicted molar refractivity (Wildman–Crippen MR) is 57.9 cm³/mol. The molecule has 1 fully saturated rings. The highest BCUT2D eigenvalue weighted by Crippen LogP contribution is 2.26. The predicted octanol–water partition coefficient (Wildman–Crippen LogP) is 1.98. The van der Waals surface area contributed by atoms with Crippen LogP contribution in [-0.2, 0) is 6.54 Å². The molecule has 80 valence electrons. The first-order valence-corrected chi connectivity index (χ1v) is 5.19. The van der Waals surface area contributed by atoms with Gasteiger partial charge in [-0.2, -0.15) is 0 Å². The number of carboxylic acids is 1. The lowest BCUT2D eigenvalue weighted by atomic mass is 10.1. The van der Waals surface area contributed by atoms with Crippen LogP contribution < -0.4 is 0 Å². The molecule has 15 heavy (non-hydrogen) atoms. The maximum absolute atomic E-state index is 10.8. The maximum Gasteiger partial charge on any atom is 0.335 e. The van der Waals surface area contributed by atoms with Gasteiger partial charge in [0, 0.05) is 12.6 Å². The van der Waals surface area contributed by atoms with E-state index in [1.807, 2.05) is 6.07 Å². The van der Waals surface area contributed by atoms with E-state index in [0.717, 1.165) is 12.1 Å². The Labute approximate surface area is 89.3 Å². The Hall–Kier alpha value is -1.35. The van der Waals surface area contributed by atoms with Gasteiger partial charge in [-0.05, 0) is 37.6 Å². The Balaban J connectivity index is 2.07. The summed E-state index contributed by atoms with van der Waals surface area (Å²) >= 11 is 0. The molecule has 0 amide bonds. The highest BCUT2D eigenvalue weighted by Gasteiger charge is 2.25. The highest BCUT2D eigenvalue weighted by molar-refractivity contribution is 5.87. The van der Waals surface area contributed by atoms with Gasteiger partial charge in [0.25, 0.3) is 0 Å². The van der Waals surface area contributed by atoms with Gasteiger partial charge >= 0.3 is 5.97 Å². The minimum absolute atomic E-state index is 0.372. The number of benzene rings is 1. The Bertz CT molecular complexity index is 372. The van der Waals surface area contributed by atoms with Gasteiger partial charge < -0.3 is 5.11 Å². The summed E-state index contributed by atoms with van der Waals surface area (Å²) in [5.74, 6) is -0.856. The van der Waals surface area contributed by atoms with Crippen LogP contribution in [0.3, 0.4) is 0 Å². The second-order valence-corrected chi connectivity index (χ2v) is 4.15. The zero-order valence-electron chi connectivity index (χ0n) is 8.81. The minimum Gasteiger partial charge on any atom is -0.478 e. The molecule has 0 aromatic heterocycles. The lowest BCUT2D eigenvalue weighted by molar-refractivity contribution is 0.0696. The second kappa shape index (κ2) is 4.03. The van der Waals surface area contributed by atoms with Crippen molar-refractivity contribution in [1.82, 2.24) is 4.90 Å². The fourth-order valence-corrected chi connectivity index (χ4v) is 1.74. The topological polar surface area (TPSA) is 40.5 Å². The molecule has 1 aliphatic rings. The molecule has 1 aromatic rings. The summed E-state index contributed by atoms with van der Waals surface area (Å²) in [4.78, 5) is 13.1. The smallest absolute Gasteiger partial charge is 0.335 e. The van der Waals surface area contributed by atoms with Gasteiger partial charge in [0.1, 0.15) is 0 Å². The molecule has 0 aliphatic heterocycles. The molecular formula is C12H15NO2. The fourth-order valence-electron chi connectivity index (χ4n) is 1.74. The van der Waals surface area contributed by atoms with Crippen molar-refractivity contribution in [2.75, 3.05) is 7.05 Å². The standard InChI is InChI=1S/C12H15NO2/c1-13(11-5-6-11)8-9-3-2-4-10(7-9)12(14)15/h2-4,7,11H,5-6,8H2,1H3,(H,14,15). The monoisotopic (exact) mass is 205 g/mol. The van der Waals surface area contributed by atoms with Crippen LogP contribution in [0.25, 0.3) is 0 Å². The van der Waals surface area contributed by atoms with Crippen molar-refractivity contribution in [1.29, 1.82) is 0 Å². The number of nitrogens with zero attached hydrogens (tertiary/aromatic N) is 1. The van der Waals surface area contributed by atoms with Gasteiger partial charge in [0.15, 0.2) is 0 Å². The maximum atomic E-state index is 10.8. The zero-order valence-corrected chi connectivity index (χ0v) is 8.81.